The summed E-state index contributed by atoms with van der Waals surface area (Å²) < 4.78 is 5.99. The van der Waals surface area contributed by atoms with Crippen LogP contribution >= 0.6 is 0 Å². The van der Waals surface area contributed by atoms with Crippen LogP contribution in [0.15, 0.2) is 0 Å². The van der Waals surface area contributed by atoms with Gasteiger partial charge in [-0.2, -0.15) is 0 Å². The van der Waals surface area contributed by atoms with Crippen LogP contribution in [0.2, 0.25) is 6.32 Å². The highest BCUT2D eigenvalue weighted by atomic mass is 16.5. The molecule has 0 aliphatic rings. The molecule has 0 aromatic rings. The minimum atomic E-state index is -0.393. The van der Waals surface area contributed by atoms with Gasteiger partial charge in [0.1, 0.15) is 20.4 Å². The number of ether oxygens (including phenoxy) is 1. The van der Waals surface area contributed by atoms with E-state index in [4.69, 9.17) is 4.74 Å². The normalized spacial score (nSPS) is 11.9. The van der Waals surface area contributed by atoms with Crippen molar-refractivity contribution in [1.82, 2.24) is 26.2 Å². The van der Waals surface area contributed by atoms with Gasteiger partial charge in [-0.15, -0.1) is 0 Å². The fourth-order valence-electron chi connectivity index (χ4n) is 3.36. The molecule has 4 amide bonds. The van der Waals surface area contributed by atoms with Crippen LogP contribution in [0.3, 0.4) is 0 Å². The Hall–Kier alpha value is -2.14. The number of carbonyl (C=O) groups excluding carboxylic acids is 4. The van der Waals surface area contributed by atoms with Gasteiger partial charge in [0.25, 0.3) is 0 Å². The number of rotatable bonds is 19. The molecule has 0 bridgehead atoms. The molecule has 0 unspecified atom stereocenters. The summed E-state index contributed by atoms with van der Waals surface area (Å²) in [4.78, 5) is 50.3. The summed E-state index contributed by atoms with van der Waals surface area (Å²) in [6.45, 7) is 18.5. The van der Waals surface area contributed by atoms with E-state index in [1.165, 1.54) is 4.90 Å². The Bertz CT molecular complexity index is 714. The van der Waals surface area contributed by atoms with Crippen LogP contribution < -0.4 is 21.3 Å². The summed E-state index contributed by atoms with van der Waals surface area (Å²) in [5.74, 6) is -0.776. The van der Waals surface area contributed by atoms with Gasteiger partial charge in [-0.05, 0) is 60.8 Å². The summed E-state index contributed by atoms with van der Waals surface area (Å²) in [6, 6.07) is -0.0857. The molecule has 38 heavy (non-hydrogen) atoms. The molecule has 0 rings (SSSR count). The first-order chi connectivity index (χ1) is 17.5. The predicted octanol–water partition coefficient (Wildman–Crippen LogP) is 1.66. The van der Waals surface area contributed by atoms with E-state index < -0.39 is 5.41 Å². The summed E-state index contributed by atoms with van der Waals surface area (Å²) in [5.41, 5.74) is -0.705. The van der Waals surface area contributed by atoms with E-state index in [0.29, 0.717) is 26.1 Å². The molecule has 219 valence electrons. The monoisotopic (exact) mass is 538 g/mol. The zero-order chi connectivity index (χ0) is 29.4. The number of carbonyl (C=O) groups is 4. The number of nitrogens with zero attached hydrogens (tertiary/aromatic N) is 1. The minimum Gasteiger partial charge on any atom is -0.376 e. The Morgan fingerprint density at radius 3 is 1.92 bits per heavy atom. The Balaban J connectivity index is 4.20. The molecule has 11 heteroatoms. The molecule has 0 saturated carbocycles. The van der Waals surface area contributed by atoms with Gasteiger partial charge in [0, 0.05) is 43.6 Å². The van der Waals surface area contributed by atoms with E-state index >= 15 is 0 Å². The van der Waals surface area contributed by atoms with Crippen molar-refractivity contribution in [1.29, 1.82) is 0 Å². The average Bonchev–Trinajstić information content (AvgIpc) is 2.75. The van der Waals surface area contributed by atoms with Gasteiger partial charge in [-0.1, -0.05) is 27.1 Å². The van der Waals surface area contributed by atoms with Crippen molar-refractivity contribution < 1.29 is 23.9 Å². The van der Waals surface area contributed by atoms with E-state index in [1.807, 2.05) is 62.3 Å². The Morgan fingerprint density at radius 1 is 0.868 bits per heavy atom. The molecule has 0 heterocycles. The summed E-state index contributed by atoms with van der Waals surface area (Å²) in [7, 11) is 2.11. The summed E-state index contributed by atoms with van der Waals surface area (Å²) >= 11 is 0. The Morgan fingerprint density at radius 2 is 1.42 bits per heavy atom. The highest BCUT2D eigenvalue weighted by Gasteiger charge is 2.23. The van der Waals surface area contributed by atoms with Crippen LogP contribution in [-0.2, 0) is 23.9 Å². The van der Waals surface area contributed by atoms with Crippen molar-refractivity contribution in [2.24, 2.45) is 5.41 Å². The second-order valence-corrected chi connectivity index (χ2v) is 11.9. The van der Waals surface area contributed by atoms with Crippen molar-refractivity contribution in [2.45, 2.75) is 106 Å². The quantitative estimate of drug-likeness (QED) is 0.146. The first kappa shape index (κ1) is 35.9. The van der Waals surface area contributed by atoms with Crippen LogP contribution in [-0.4, -0.2) is 92.7 Å². The highest BCUT2D eigenvalue weighted by Crippen LogP contribution is 2.16. The second kappa shape index (κ2) is 18.2. The first-order valence-electron chi connectivity index (χ1n) is 13.8. The molecule has 0 aromatic heterocycles. The van der Waals surface area contributed by atoms with Crippen molar-refractivity contribution >= 4 is 30.9 Å². The smallest absolute Gasteiger partial charge is 0.239 e. The van der Waals surface area contributed by atoms with Gasteiger partial charge < -0.3 is 30.9 Å². The van der Waals surface area contributed by atoms with Crippen molar-refractivity contribution in [3.63, 3.8) is 0 Å². The maximum absolute atomic E-state index is 12.7. The van der Waals surface area contributed by atoms with E-state index in [1.54, 1.807) is 0 Å². The molecule has 0 aliphatic carbocycles. The van der Waals surface area contributed by atoms with Gasteiger partial charge in [0.05, 0.1) is 5.60 Å². The summed E-state index contributed by atoms with van der Waals surface area (Å²) in [5, 5.41) is 11.7. The molecule has 0 saturated heterocycles. The molecule has 0 aliphatic heterocycles. The zero-order valence-corrected chi connectivity index (χ0v) is 25.3. The molecule has 0 spiro atoms. The fraction of sp³-hybridized carbons (Fsp3) is 0.852. The first-order valence-corrected chi connectivity index (χ1v) is 13.8. The number of hydrogen-bond acceptors (Lipinski definition) is 6. The maximum atomic E-state index is 12.7. The highest BCUT2D eigenvalue weighted by molar-refractivity contribution is 6.35. The minimum absolute atomic E-state index is 0.0399. The molecule has 10 nitrogen and oxygen atoms in total. The molecule has 0 fully saturated rings. The van der Waals surface area contributed by atoms with Gasteiger partial charge in [-0.3, -0.25) is 19.2 Å². The molecule has 1 radical (unpaired) electrons. The molecule has 0 aromatic carbocycles. The lowest BCUT2D eigenvalue weighted by Crippen LogP contribution is -2.48. The van der Waals surface area contributed by atoms with Gasteiger partial charge >= 0.3 is 0 Å². The van der Waals surface area contributed by atoms with E-state index in [2.05, 4.69) is 28.5 Å². The van der Waals surface area contributed by atoms with Crippen LogP contribution in [0.25, 0.3) is 0 Å². The van der Waals surface area contributed by atoms with Crippen LogP contribution in [0.4, 0.5) is 0 Å². The largest absolute Gasteiger partial charge is 0.376 e. The van der Waals surface area contributed by atoms with Crippen LogP contribution in [0.1, 0.15) is 81.6 Å². The Kier molecular flexibility index (Phi) is 17.2. The number of hydrogen-bond donors (Lipinski definition) is 4. The lowest BCUT2D eigenvalue weighted by atomic mass is 9.73. The molecular formula is C27H53BN5O5. The van der Waals surface area contributed by atoms with Crippen LogP contribution in [0.5, 0.6) is 0 Å². The third kappa shape index (κ3) is 19.0. The number of nitrogens with one attached hydrogen (secondary N) is 4. The van der Waals surface area contributed by atoms with E-state index in [0.717, 1.165) is 19.2 Å². The fourth-order valence-corrected chi connectivity index (χ4v) is 3.36. The van der Waals surface area contributed by atoms with Gasteiger partial charge in [0.15, 0.2) is 0 Å². The average molecular weight is 539 g/mol. The SMILES string of the molecule is CC(C)NC(=O)CN(CC(=O)NC(C)C)C(=O)CCNC[B]CCCOC(C)(C)CCNC(=O)C(C)(C)C. The molecular weight excluding hydrogens is 485 g/mol. The second-order valence-electron chi connectivity index (χ2n) is 11.9. The van der Waals surface area contributed by atoms with Crippen molar-refractivity contribution in [3.8, 4) is 0 Å². The maximum Gasteiger partial charge on any atom is 0.239 e. The standard InChI is InChI=1S/C27H53BN5O5/c1-20(2)31-22(34)17-33(18-23(35)32-21(3)4)24(36)11-14-29-19-28-13-10-16-38-27(8,9)12-15-30-25(37)26(5,6)7/h20-21,29H,10-19H2,1-9H3,(H,30,37)(H,31,34)(H,32,35). The topological polar surface area (TPSA) is 129 Å². The zero-order valence-electron chi connectivity index (χ0n) is 25.3. The third-order valence-electron chi connectivity index (χ3n) is 5.46. The summed E-state index contributed by atoms with van der Waals surface area (Å²) in [6.07, 6.45) is 3.33. The van der Waals surface area contributed by atoms with E-state index in [9.17, 15) is 19.2 Å². The lowest BCUT2D eigenvalue weighted by molar-refractivity contribution is -0.139. The molecule has 4 N–H and O–H groups in total. The van der Waals surface area contributed by atoms with Crippen LogP contribution in [0, 0.1) is 5.41 Å². The number of amides is 4. The Labute approximate surface area is 231 Å². The van der Waals surface area contributed by atoms with Gasteiger partial charge in [-0.25, -0.2) is 0 Å². The van der Waals surface area contributed by atoms with E-state index in [-0.39, 0.29) is 60.8 Å². The molecule has 0 atom stereocenters. The van der Waals surface area contributed by atoms with Gasteiger partial charge in [0.2, 0.25) is 23.6 Å². The van der Waals surface area contributed by atoms with Crippen molar-refractivity contribution in [2.75, 3.05) is 39.2 Å². The predicted molar refractivity (Wildman–Crippen MR) is 153 cm³/mol. The third-order valence-corrected chi connectivity index (χ3v) is 5.46. The van der Waals surface area contributed by atoms with Crippen molar-refractivity contribution in [3.05, 3.63) is 0 Å². The lowest BCUT2D eigenvalue weighted by Gasteiger charge is -2.26.